The number of amides is 1. The molecule has 1 aromatic heterocycles. The zero-order chi connectivity index (χ0) is 11.1. The van der Waals surface area contributed by atoms with Gasteiger partial charge in [-0.3, -0.25) is 4.79 Å². The highest BCUT2D eigenvalue weighted by atomic mass is 32.1. The molecule has 1 saturated heterocycles. The van der Waals surface area contributed by atoms with Crippen LogP contribution in [0.4, 0.5) is 5.69 Å². The normalized spacial score (nSPS) is 20.9. The third kappa shape index (κ3) is 1.48. The van der Waals surface area contributed by atoms with Gasteiger partial charge in [0.1, 0.15) is 0 Å². The molecule has 1 aliphatic heterocycles. The van der Waals surface area contributed by atoms with Crippen molar-refractivity contribution in [2.75, 3.05) is 11.4 Å². The number of nitrogens with two attached hydrogens (primary N) is 1. The molecule has 82 valence electrons. The van der Waals surface area contributed by atoms with Gasteiger partial charge in [-0.1, -0.05) is 0 Å². The maximum absolute atomic E-state index is 11.7. The summed E-state index contributed by atoms with van der Waals surface area (Å²) < 4.78 is 1.10. The summed E-state index contributed by atoms with van der Waals surface area (Å²) in [5.74, 6) is 0.108. The Morgan fingerprint density at radius 3 is 3.12 bits per heavy atom. The summed E-state index contributed by atoms with van der Waals surface area (Å²) in [6.07, 6.45) is 0.445. The first-order valence-corrected chi connectivity index (χ1v) is 6.01. The highest BCUT2D eigenvalue weighted by Gasteiger charge is 2.28. The van der Waals surface area contributed by atoms with Gasteiger partial charge in [0, 0.05) is 24.7 Å². The van der Waals surface area contributed by atoms with Crippen LogP contribution in [0.5, 0.6) is 0 Å². The Hall–Kier alpha value is -1.46. The van der Waals surface area contributed by atoms with Gasteiger partial charge in [-0.2, -0.15) is 0 Å². The fourth-order valence-corrected chi connectivity index (χ4v) is 2.71. The van der Waals surface area contributed by atoms with Crippen molar-refractivity contribution in [3.63, 3.8) is 0 Å². The van der Waals surface area contributed by atoms with E-state index in [-0.39, 0.29) is 11.9 Å². The van der Waals surface area contributed by atoms with E-state index in [1.165, 1.54) is 0 Å². The predicted octanol–water partition coefficient (Wildman–Crippen LogP) is 1.36. The van der Waals surface area contributed by atoms with Crippen molar-refractivity contribution in [1.82, 2.24) is 4.98 Å². The van der Waals surface area contributed by atoms with Gasteiger partial charge in [0.15, 0.2) is 0 Å². The molecule has 1 fully saturated rings. The summed E-state index contributed by atoms with van der Waals surface area (Å²) in [4.78, 5) is 17.7. The van der Waals surface area contributed by atoms with Crippen LogP contribution in [-0.2, 0) is 4.79 Å². The molecule has 0 aliphatic carbocycles. The molecule has 2 heterocycles. The van der Waals surface area contributed by atoms with E-state index >= 15 is 0 Å². The van der Waals surface area contributed by atoms with Crippen molar-refractivity contribution in [3.8, 4) is 0 Å². The van der Waals surface area contributed by atoms with Gasteiger partial charge in [-0.15, -0.1) is 11.3 Å². The monoisotopic (exact) mass is 233 g/mol. The lowest BCUT2D eigenvalue weighted by molar-refractivity contribution is -0.117. The SMILES string of the molecule is NC1CC(=O)N(c2ccc3ncsc3c2)C1. The van der Waals surface area contributed by atoms with Gasteiger partial charge in [0.05, 0.1) is 15.7 Å². The summed E-state index contributed by atoms with van der Waals surface area (Å²) in [5.41, 5.74) is 9.49. The van der Waals surface area contributed by atoms with Crippen LogP contribution < -0.4 is 10.6 Å². The Balaban J connectivity index is 2.02. The van der Waals surface area contributed by atoms with Gasteiger partial charge < -0.3 is 10.6 Å². The largest absolute Gasteiger partial charge is 0.326 e. The average molecular weight is 233 g/mol. The number of nitrogens with zero attached hydrogens (tertiary/aromatic N) is 2. The number of carbonyl (C=O) groups excluding carboxylic acids is 1. The third-order valence-corrected chi connectivity index (χ3v) is 3.57. The molecule has 0 bridgehead atoms. The van der Waals surface area contributed by atoms with Gasteiger partial charge in [0.25, 0.3) is 0 Å². The molecule has 1 unspecified atom stereocenters. The van der Waals surface area contributed by atoms with Gasteiger partial charge >= 0.3 is 0 Å². The van der Waals surface area contributed by atoms with Crippen LogP contribution in [0, 0.1) is 0 Å². The number of hydrogen-bond acceptors (Lipinski definition) is 4. The van der Waals surface area contributed by atoms with Crippen LogP contribution in [0.15, 0.2) is 23.7 Å². The standard InChI is InChI=1S/C11H11N3OS/c12-7-3-11(15)14(5-7)8-1-2-9-10(4-8)16-6-13-9/h1-2,4,6-7H,3,5,12H2. The molecule has 1 atom stereocenters. The summed E-state index contributed by atoms with van der Waals surface area (Å²) in [6.45, 7) is 0.614. The molecule has 0 saturated carbocycles. The number of aromatic nitrogens is 1. The Morgan fingerprint density at radius 1 is 1.50 bits per heavy atom. The van der Waals surface area contributed by atoms with E-state index in [1.807, 2.05) is 23.7 Å². The maximum atomic E-state index is 11.7. The zero-order valence-corrected chi connectivity index (χ0v) is 9.41. The maximum Gasteiger partial charge on any atom is 0.228 e. The molecule has 1 aromatic carbocycles. The number of hydrogen-bond donors (Lipinski definition) is 1. The van der Waals surface area contributed by atoms with Crippen molar-refractivity contribution in [2.24, 2.45) is 5.73 Å². The van der Waals surface area contributed by atoms with E-state index in [0.29, 0.717) is 13.0 Å². The fraction of sp³-hybridized carbons (Fsp3) is 0.273. The van der Waals surface area contributed by atoms with Crippen LogP contribution >= 0.6 is 11.3 Å². The van der Waals surface area contributed by atoms with Crippen molar-refractivity contribution in [3.05, 3.63) is 23.7 Å². The van der Waals surface area contributed by atoms with E-state index in [1.54, 1.807) is 16.2 Å². The van der Waals surface area contributed by atoms with E-state index in [9.17, 15) is 4.79 Å². The molecule has 0 radical (unpaired) electrons. The second kappa shape index (κ2) is 3.54. The summed E-state index contributed by atoms with van der Waals surface area (Å²) in [7, 11) is 0. The van der Waals surface area contributed by atoms with Crippen LogP contribution in [0.2, 0.25) is 0 Å². The van der Waals surface area contributed by atoms with Crippen molar-refractivity contribution >= 4 is 33.1 Å². The highest BCUT2D eigenvalue weighted by Crippen LogP contribution is 2.26. The molecule has 2 aromatic rings. The molecule has 1 aliphatic rings. The zero-order valence-electron chi connectivity index (χ0n) is 8.59. The second-order valence-electron chi connectivity index (χ2n) is 3.97. The molecule has 1 amide bonds. The molecule has 16 heavy (non-hydrogen) atoms. The summed E-state index contributed by atoms with van der Waals surface area (Å²) >= 11 is 1.58. The van der Waals surface area contributed by atoms with Crippen LogP contribution in [0.1, 0.15) is 6.42 Å². The summed E-state index contributed by atoms with van der Waals surface area (Å²) in [6, 6.07) is 5.84. The number of benzene rings is 1. The highest BCUT2D eigenvalue weighted by molar-refractivity contribution is 7.16. The molecular weight excluding hydrogens is 222 g/mol. The van der Waals surface area contributed by atoms with Crippen LogP contribution in [0.3, 0.4) is 0 Å². The molecule has 3 rings (SSSR count). The van der Waals surface area contributed by atoms with E-state index < -0.39 is 0 Å². The number of rotatable bonds is 1. The lowest BCUT2D eigenvalue weighted by Crippen LogP contribution is -2.27. The smallest absolute Gasteiger partial charge is 0.228 e. The molecule has 5 heteroatoms. The minimum atomic E-state index is -0.0374. The Morgan fingerprint density at radius 2 is 2.38 bits per heavy atom. The fourth-order valence-electron chi connectivity index (χ4n) is 2.00. The first kappa shape index (κ1) is 9.74. The Kier molecular flexibility index (Phi) is 2.15. The average Bonchev–Trinajstić information content (AvgIpc) is 2.83. The van der Waals surface area contributed by atoms with Crippen molar-refractivity contribution in [2.45, 2.75) is 12.5 Å². The minimum Gasteiger partial charge on any atom is -0.326 e. The third-order valence-electron chi connectivity index (χ3n) is 2.78. The number of thiazole rings is 1. The first-order valence-electron chi connectivity index (χ1n) is 5.13. The molecular formula is C11H11N3OS. The van der Waals surface area contributed by atoms with Gasteiger partial charge in [-0.25, -0.2) is 4.98 Å². The first-order chi connectivity index (χ1) is 7.74. The number of anilines is 1. The van der Waals surface area contributed by atoms with E-state index in [2.05, 4.69) is 4.98 Å². The summed E-state index contributed by atoms with van der Waals surface area (Å²) in [5, 5.41) is 0. The molecule has 0 spiro atoms. The van der Waals surface area contributed by atoms with Crippen LogP contribution in [-0.4, -0.2) is 23.5 Å². The Labute approximate surface area is 96.7 Å². The van der Waals surface area contributed by atoms with Gasteiger partial charge in [-0.05, 0) is 18.2 Å². The number of fused-ring (bicyclic) bond motifs is 1. The minimum absolute atomic E-state index is 0.0374. The Bertz CT molecular complexity index is 551. The molecule has 2 N–H and O–H groups in total. The van der Waals surface area contributed by atoms with Crippen molar-refractivity contribution < 1.29 is 4.79 Å². The van der Waals surface area contributed by atoms with Crippen LogP contribution in [0.25, 0.3) is 10.2 Å². The quantitative estimate of drug-likeness (QED) is 0.809. The topological polar surface area (TPSA) is 59.2 Å². The van der Waals surface area contributed by atoms with E-state index in [4.69, 9.17) is 5.73 Å². The second-order valence-corrected chi connectivity index (χ2v) is 4.86. The lowest BCUT2D eigenvalue weighted by atomic mass is 10.3. The van der Waals surface area contributed by atoms with Gasteiger partial charge in [0.2, 0.25) is 5.91 Å². The molecule has 4 nitrogen and oxygen atoms in total. The predicted molar refractivity (Wildman–Crippen MR) is 64.6 cm³/mol. The van der Waals surface area contributed by atoms with E-state index in [0.717, 1.165) is 15.9 Å². The number of carbonyl (C=O) groups is 1. The van der Waals surface area contributed by atoms with Crippen molar-refractivity contribution in [1.29, 1.82) is 0 Å². The lowest BCUT2D eigenvalue weighted by Gasteiger charge is -2.15.